The van der Waals surface area contributed by atoms with Gasteiger partial charge in [0.25, 0.3) is 0 Å². The number of hydrogen-bond donors (Lipinski definition) is 0. The van der Waals surface area contributed by atoms with Crippen molar-refractivity contribution in [1.82, 2.24) is 0 Å². The zero-order chi connectivity index (χ0) is 12.7. The molecule has 4 heteroatoms. The van der Waals surface area contributed by atoms with E-state index in [0.29, 0.717) is 0 Å². The lowest BCUT2D eigenvalue weighted by Crippen LogP contribution is -2.41. The lowest BCUT2D eigenvalue weighted by atomic mass is 9.79. The molecule has 2 rings (SSSR count). The summed E-state index contributed by atoms with van der Waals surface area (Å²) in [5.41, 5.74) is 5.94. The van der Waals surface area contributed by atoms with Gasteiger partial charge in [-0.2, -0.15) is 0 Å². The maximum Gasteiger partial charge on any atom is 0.494 e. The summed E-state index contributed by atoms with van der Waals surface area (Å²) in [4.78, 5) is 1.03. The first-order valence-electron chi connectivity index (χ1n) is 5.68. The van der Waals surface area contributed by atoms with Crippen molar-refractivity contribution in [3.8, 4) is 5.69 Å². The molecule has 0 amide bonds. The molecule has 2 nitrogen and oxygen atoms in total. The SMILES string of the molecule is C#Sc1ccc(B2OC(C)(C)C(C)(C)O2)cc1. The Hall–Kier alpha value is -0.795. The highest BCUT2D eigenvalue weighted by Crippen LogP contribution is 2.36. The summed E-state index contributed by atoms with van der Waals surface area (Å²) in [6.07, 6.45) is 0. The molecule has 17 heavy (non-hydrogen) atoms. The second-order valence-corrected chi connectivity index (χ2v) is 5.98. The topological polar surface area (TPSA) is 18.5 Å². The van der Waals surface area contributed by atoms with Crippen LogP contribution in [0.5, 0.6) is 0 Å². The van der Waals surface area contributed by atoms with Crippen LogP contribution in [-0.2, 0) is 9.31 Å². The third-order valence-corrected chi connectivity index (χ3v) is 4.09. The van der Waals surface area contributed by atoms with E-state index in [2.05, 4.69) is 27.7 Å². The van der Waals surface area contributed by atoms with Crippen LogP contribution in [-0.4, -0.2) is 18.3 Å². The Kier molecular flexibility index (Phi) is 3.09. The minimum absolute atomic E-state index is 0.293. The van der Waals surface area contributed by atoms with Gasteiger partial charge in [0, 0.05) is 4.90 Å². The van der Waals surface area contributed by atoms with Crippen molar-refractivity contribution in [2.45, 2.75) is 43.8 Å². The fourth-order valence-electron chi connectivity index (χ4n) is 1.68. The van der Waals surface area contributed by atoms with Crippen LogP contribution in [0.3, 0.4) is 0 Å². The van der Waals surface area contributed by atoms with Crippen LogP contribution >= 0.6 is 11.2 Å². The molecule has 0 spiro atoms. The van der Waals surface area contributed by atoms with Gasteiger partial charge in [0.2, 0.25) is 0 Å². The van der Waals surface area contributed by atoms with E-state index < -0.39 is 0 Å². The summed E-state index contributed by atoms with van der Waals surface area (Å²) in [5, 5.41) is 0. The van der Waals surface area contributed by atoms with E-state index in [4.69, 9.17) is 15.0 Å². The molecule has 0 unspecified atom stereocenters. The molecule has 0 bridgehead atoms. The Morgan fingerprint density at radius 3 is 1.88 bits per heavy atom. The maximum absolute atomic E-state index is 5.96. The van der Waals surface area contributed by atoms with Gasteiger partial charge >= 0.3 is 7.12 Å². The fraction of sp³-hybridized carbons (Fsp3) is 0.462. The first-order valence-corrected chi connectivity index (χ1v) is 6.56. The normalized spacial score (nSPS) is 21.5. The van der Waals surface area contributed by atoms with E-state index in [9.17, 15) is 0 Å². The molecule has 0 radical (unpaired) electrons. The van der Waals surface area contributed by atoms with E-state index in [1.54, 1.807) is 0 Å². The minimum atomic E-state index is -0.295. The third kappa shape index (κ3) is 2.27. The van der Waals surface area contributed by atoms with Crippen LogP contribution in [0.4, 0.5) is 0 Å². The average molecular weight is 248 g/mol. The minimum Gasteiger partial charge on any atom is -0.399 e. The van der Waals surface area contributed by atoms with Crippen LogP contribution in [0.25, 0.3) is 0 Å². The van der Waals surface area contributed by atoms with Crippen LogP contribution < -0.4 is 5.46 Å². The van der Waals surface area contributed by atoms with E-state index >= 15 is 0 Å². The predicted molar refractivity (Wildman–Crippen MR) is 73.0 cm³/mol. The second-order valence-electron chi connectivity index (χ2n) is 5.28. The van der Waals surface area contributed by atoms with Crippen molar-refractivity contribution in [3.63, 3.8) is 0 Å². The van der Waals surface area contributed by atoms with Gasteiger partial charge in [-0.3, -0.25) is 0 Å². The van der Waals surface area contributed by atoms with Crippen molar-refractivity contribution in [1.29, 1.82) is 0 Å². The van der Waals surface area contributed by atoms with Crippen LogP contribution in [0.1, 0.15) is 27.7 Å². The highest BCUT2D eigenvalue weighted by molar-refractivity contribution is 7.88. The second kappa shape index (κ2) is 4.15. The molecule has 0 atom stereocenters. The number of benzene rings is 1. The first kappa shape index (κ1) is 12.7. The van der Waals surface area contributed by atoms with E-state index in [1.807, 2.05) is 24.3 Å². The molecular weight excluding hydrogens is 231 g/mol. The molecule has 90 valence electrons. The fourth-order valence-corrected chi connectivity index (χ4v) is 1.98. The van der Waals surface area contributed by atoms with E-state index in [1.165, 1.54) is 11.2 Å². The Labute approximate surface area is 107 Å². The zero-order valence-electron chi connectivity index (χ0n) is 10.7. The summed E-state index contributed by atoms with van der Waals surface area (Å²) in [6.45, 7) is 8.21. The molecule has 1 aliphatic heterocycles. The summed E-state index contributed by atoms with van der Waals surface area (Å²) >= 11 is 1.24. The van der Waals surface area contributed by atoms with Gasteiger partial charge in [0.15, 0.2) is 0 Å². The summed E-state index contributed by atoms with van der Waals surface area (Å²) < 4.78 is 11.9. The Balaban J connectivity index is 2.23. The molecule has 0 saturated carbocycles. The van der Waals surface area contributed by atoms with Crippen LogP contribution in [0.15, 0.2) is 29.2 Å². The Bertz CT molecular complexity index is 443. The van der Waals surface area contributed by atoms with Gasteiger partial charge in [-0.05, 0) is 45.3 Å². The maximum atomic E-state index is 5.96. The third-order valence-electron chi connectivity index (χ3n) is 3.54. The average Bonchev–Trinajstić information content (AvgIpc) is 2.48. The van der Waals surface area contributed by atoms with Crippen molar-refractivity contribution >= 4 is 23.8 Å². The van der Waals surface area contributed by atoms with Crippen molar-refractivity contribution in [3.05, 3.63) is 24.3 Å². The quantitative estimate of drug-likeness (QED) is 0.711. The van der Waals surface area contributed by atoms with E-state index in [-0.39, 0.29) is 18.3 Å². The molecular formula is C13H17BO2S. The molecule has 0 N–H and O–H groups in total. The molecule has 1 fully saturated rings. The number of rotatable bonds is 1. The summed E-state index contributed by atoms with van der Waals surface area (Å²) in [5.74, 6) is 0. The predicted octanol–water partition coefficient (Wildman–Crippen LogP) is 2.67. The molecule has 0 aliphatic carbocycles. The standard InChI is InChI=1S/C13H17BO2S/c1-12(2)13(3,4)16-14(15-12)10-6-8-11(17-5)9-7-10/h5-9H,1-4H3. The smallest absolute Gasteiger partial charge is 0.399 e. The van der Waals surface area contributed by atoms with Gasteiger partial charge in [0.05, 0.1) is 11.2 Å². The highest BCUT2D eigenvalue weighted by atomic mass is 32.1. The lowest BCUT2D eigenvalue weighted by Gasteiger charge is -2.32. The Morgan fingerprint density at radius 1 is 1.00 bits per heavy atom. The zero-order valence-corrected chi connectivity index (χ0v) is 11.5. The lowest BCUT2D eigenvalue weighted by molar-refractivity contribution is 0.00578. The first-order chi connectivity index (χ1) is 7.86. The molecule has 1 aromatic carbocycles. The van der Waals surface area contributed by atoms with Gasteiger partial charge < -0.3 is 9.31 Å². The van der Waals surface area contributed by atoms with Gasteiger partial charge in [-0.25, -0.2) is 0 Å². The highest BCUT2D eigenvalue weighted by Gasteiger charge is 2.51. The molecule has 1 aliphatic rings. The van der Waals surface area contributed by atoms with Crippen molar-refractivity contribution in [2.24, 2.45) is 0 Å². The summed E-state index contributed by atoms with van der Waals surface area (Å²) in [6, 6.07) is 7.95. The molecule has 1 aromatic rings. The summed E-state index contributed by atoms with van der Waals surface area (Å²) in [7, 11) is -0.295. The number of hydrogen-bond acceptors (Lipinski definition) is 2. The molecule has 1 saturated heterocycles. The van der Waals surface area contributed by atoms with Crippen molar-refractivity contribution < 1.29 is 9.31 Å². The van der Waals surface area contributed by atoms with Crippen LogP contribution in [0, 0.1) is 5.69 Å². The Morgan fingerprint density at radius 2 is 1.47 bits per heavy atom. The molecule has 0 aromatic heterocycles. The van der Waals surface area contributed by atoms with Gasteiger partial charge in [0.1, 0.15) is 0 Å². The van der Waals surface area contributed by atoms with Gasteiger partial charge in [-0.15, -0.1) is 16.9 Å². The monoisotopic (exact) mass is 248 g/mol. The van der Waals surface area contributed by atoms with Crippen molar-refractivity contribution in [2.75, 3.05) is 0 Å². The van der Waals surface area contributed by atoms with Gasteiger partial charge in [-0.1, -0.05) is 12.1 Å². The van der Waals surface area contributed by atoms with E-state index in [0.717, 1.165) is 10.4 Å². The van der Waals surface area contributed by atoms with Crippen LogP contribution in [0.2, 0.25) is 0 Å². The molecule has 1 heterocycles. The largest absolute Gasteiger partial charge is 0.494 e.